The van der Waals surface area contributed by atoms with E-state index in [4.69, 9.17) is 15.9 Å². The number of fused-ring (bicyclic) bond motifs is 6. The Labute approximate surface area is 241 Å². The molecule has 3 saturated heterocycles. The highest BCUT2D eigenvalue weighted by Crippen LogP contribution is 2.62. The highest BCUT2D eigenvalue weighted by molar-refractivity contribution is 7.99. The molecular formula is C31H28N4O5S. The molecule has 2 bridgehead atoms. The largest absolute Gasteiger partial charge is 0.378 e. The first-order valence-electron chi connectivity index (χ1n) is 13.4. The summed E-state index contributed by atoms with van der Waals surface area (Å²) in [7, 11) is 1.54. The van der Waals surface area contributed by atoms with E-state index in [2.05, 4.69) is 17.0 Å². The van der Waals surface area contributed by atoms with Crippen molar-refractivity contribution < 1.29 is 19.1 Å². The van der Waals surface area contributed by atoms with Crippen LogP contribution in [-0.2, 0) is 32.2 Å². The molecule has 3 aliphatic heterocycles. The number of imide groups is 1. The number of anilines is 1. The van der Waals surface area contributed by atoms with E-state index in [-0.39, 0.29) is 30.5 Å². The second-order valence-corrected chi connectivity index (χ2v) is 11.9. The average Bonchev–Trinajstić information content (AvgIpc) is 3.55. The minimum absolute atomic E-state index is 0.200. The Balaban J connectivity index is 1.36. The molecule has 2 aromatic carbocycles. The van der Waals surface area contributed by atoms with Crippen molar-refractivity contribution in [3.63, 3.8) is 0 Å². The monoisotopic (exact) mass is 568 g/mol. The van der Waals surface area contributed by atoms with Gasteiger partial charge in [-0.1, -0.05) is 41.9 Å². The zero-order valence-electron chi connectivity index (χ0n) is 22.8. The number of hydrogen-bond donors (Lipinski definition) is 0. The van der Waals surface area contributed by atoms with Crippen molar-refractivity contribution in [1.82, 2.24) is 9.55 Å². The van der Waals surface area contributed by atoms with Crippen LogP contribution in [0.2, 0.25) is 0 Å². The van der Waals surface area contributed by atoms with Crippen molar-refractivity contribution in [2.45, 2.75) is 55.7 Å². The first kappa shape index (κ1) is 27.2. The second kappa shape index (κ2) is 10.1. The van der Waals surface area contributed by atoms with E-state index in [1.54, 1.807) is 16.7 Å². The van der Waals surface area contributed by atoms with Crippen LogP contribution in [0.1, 0.15) is 37.4 Å². The minimum Gasteiger partial charge on any atom is -0.378 e. The number of carbonyl (C=O) groups excluding carboxylic acids is 2. The number of nitriles is 1. The Morgan fingerprint density at radius 1 is 1.15 bits per heavy atom. The Morgan fingerprint density at radius 3 is 2.63 bits per heavy atom. The third-order valence-corrected chi connectivity index (χ3v) is 9.52. The number of terminal acetylenes is 1. The fourth-order valence-electron chi connectivity index (χ4n) is 6.90. The lowest BCUT2D eigenvalue weighted by Gasteiger charge is -2.31. The van der Waals surface area contributed by atoms with Gasteiger partial charge in [-0.3, -0.25) is 19.0 Å². The summed E-state index contributed by atoms with van der Waals surface area (Å²) in [6, 6.07) is 14.3. The van der Waals surface area contributed by atoms with E-state index in [0.717, 1.165) is 0 Å². The molecule has 3 aliphatic rings. The van der Waals surface area contributed by atoms with E-state index in [0.29, 0.717) is 57.9 Å². The first-order chi connectivity index (χ1) is 19.8. The van der Waals surface area contributed by atoms with Crippen molar-refractivity contribution in [3.05, 3.63) is 64.1 Å². The molecule has 6 rings (SSSR count). The van der Waals surface area contributed by atoms with Gasteiger partial charge in [-0.15, -0.1) is 6.42 Å². The Bertz CT molecular complexity index is 1740. The van der Waals surface area contributed by atoms with Gasteiger partial charge in [0.05, 0.1) is 58.4 Å². The molecule has 41 heavy (non-hydrogen) atoms. The number of rotatable bonds is 8. The van der Waals surface area contributed by atoms with Gasteiger partial charge in [-0.25, -0.2) is 9.88 Å². The summed E-state index contributed by atoms with van der Waals surface area (Å²) in [6.45, 7) is 2.37. The van der Waals surface area contributed by atoms with Crippen LogP contribution in [0.25, 0.3) is 10.8 Å². The number of methoxy groups -OCH3 is 1. The molecule has 4 heterocycles. The SMILES string of the molecule is C#CCSc1nc(COC)cc(=O)n1CC[C@]12CC[C@](C)(O1)[C@@H]1C(=O)N(c3ccc(C#N)c4ccccc34)C(=O)[C@@H]12. The van der Waals surface area contributed by atoms with Gasteiger partial charge in [0.25, 0.3) is 5.56 Å². The van der Waals surface area contributed by atoms with Gasteiger partial charge in [0.2, 0.25) is 11.8 Å². The number of aromatic nitrogens is 2. The summed E-state index contributed by atoms with van der Waals surface area (Å²) in [5.41, 5.74) is -0.464. The second-order valence-electron chi connectivity index (χ2n) is 10.9. The molecule has 208 valence electrons. The summed E-state index contributed by atoms with van der Waals surface area (Å²) >= 11 is 1.29. The van der Waals surface area contributed by atoms with Crippen LogP contribution in [0, 0.1) is 35.5 Å². The number of thioether (sulfide) groups is 1. The summed E-state index contributed by atoms with van der Waals surface area (Å²) in [6.07, 6.45) is 7.07. The zero-order valence-corrected chi connectivity index (χ0v) is 23.6. The van der Waals surface area contributed by atoms with Gasteiger partial charge < -0.3 is 9.47 Å². The Hall–Kier alpha value is -3.96. The highest BCUT2D eigenvalue weighted by Gasteiger charge is 2.73. The molecule has 10 heteroatoms. The molecule has 3 fully saturated rings. The van der Waals surface area contributed by atoms with Crippen molar-refractivity contribution in [2.75, 3.05) is 17.8 Å². The van der Waals surface area contributed by atoms with Crippen molar-refractivity contribution >= 4 is 40.0 Å². The van der Waals surface area contributed by atoms with E-state index in [1.807, 2.05) is 31.2 Å². The van der Waals surface area contributed by atoms with Gasteiger partial charge in [-0.05, 0) is 38.3 Å². The minimum atomic E-state index is -0.901. The third-order valence-electron chi connectivity index (χ3n) is 8.64. The maximum atomic E-state index is 14.2. The van der Waals surface area contributed by atoms with Gasteiger partial charge in [-0.2, -0.15) is 5.26 Å². The summed E-state index contributed by atoms with van der Waals surface area (Å²) in [4.78, 5) is 47.2. The lowest BCUT2D eigenvalue weighted by Crippen LogP contribution is -2.43. The van der Waals surface area contributed by atoms with Crippen molar-refractivity contribution in [2.24, 2.45) is 11.8 Å². The van der Waals surface area contributed by atoms with Crippen LogP contribution in [-0.4, -0.2) is 45.4 Å². The fraction of sp³-hybridized carbons (Fsp3) is 0.387. The molecule has 1 aromatic heterocycles. The van der Waals surface area contributed by atoms with Crippen LogP contribution in [0.5, 0.6) is 0 Å². The van der Waals surface area contributed by atoms with Gasteiger partial charge in [0.15, 0.2) is 5.16 Å². The predicted molar refractivity (Wildman–Crippen MR) is 153 cm³/mol. The Kier molecular flexibility index (Phi) is 6.74. The molecule has 3 aromatic rings. The fourth-order valence-corrected chi connectivity index (χ4v) is 7.63. The predicted octanol–water partition coefficient (Wildman–Crippen LogP) is 3.66. The molecule has 0 radical (unpaired) electrons. The molecule has 9 nitrogen and oxygen atoms in total. The van der Waals surface area contributed by atoms with E-state index in [1.165, 1.54) is 29.8 Å². The van der Waals surface area contributed by atoms with Gasteiger partial charge >= 0.3 is 0 Å². The maximum Gasteiger partial charge on any atom is 0.254 e. The molecule has 0 spiro atoms. The van der Waals surface area contributed by atoms with Crippen LogP contribution in [0.4, 0.5) is 5.69 Å². The topological polar surface area (TPSA) is 115 Å². The molecule has 0 unspecified atom stereocenters. The summed E-state index contributed by atoms with van der Waals surface area (Å²) in [5.74, 6) is 1.01. The molecular weight excluding hydrogens is 540 g/mol. The smallest absolute Gasteiger partial charge is 0.254 e. The maximum absolute atomic E-state index is 14.2. The molecule has 0 aliphatic carbocycles. The van der Waals surface area contributed by atoms with E-state index in [9.17, 15) is 19.6 Å². The van der Waals surface area contributed by atoms with E-state index >= 15 is 0 Å². The van der Waals surface area contributed by atoms with Crippen LogP contribution in [0.3, 0.4) is 0 Å². The number of carbonyl (C=O) groups is 2. The number of benzene rings is 2. The number of amides is 2. The van der Waals surface area contributed by atoms with E-state index < -0.39 is 23.0 Å². The molecule has 0 saturated carbocycles. The van der Waals surface area contributed by atoms with Gasteiger partial charge in [0.1, 0.15) is 0 Å². The first-order valence-corrected chi connectivity index (χ1v) is 14.4. The highest BCUT2D eigenvalue weighted by atomic mass is 32.2. The Morgan fingerprint density at radius 2 is 1.90 bits per heavy atom. The lowest BCUT2D eigenvalue weighted by molar-refractivity contribution is -0.130. The lowest BCUT2D eigenvalue weighted by atomic mass is 9.67. The average molecular weight is 569 g/mol. The van der Waals surface area contributed by atoms with Crippen LogP contribution in [0.15, 0.2) is 52.4 Å². The standard InChI is InChI=1S/C31H28N4O5S/c1-4-15-41-29-33-20(18-39-3)16-24(36)34(29)14-13-31-12-11-30(2,40-31)25-26(31)28(38)35(27(25)37)23-10-9-19(17-32)21-7-5-6-8-22(21)23/h1,5-10,16,25-26H,11-15,18H2,2-3H3/t25-,26+,30-,31-/m0/s1. The van der Waals surface area contributed by atoms with Crippen molar-refractivity contribution in [1.29, 1.82) is 5.26 Å². The normalized spacial score (nSPS) is 26.4. The van der Waals surface area contributed by atoms with Crippen LogP contribution >= 0.6 is 11.8 Å². The number of nitrogens with zero attached hydrogens (tertiary/aromatic N) is 4. The van der Waals surface area contributed by atoms with Gasteiger partial charge in [0, 0.05) is 30.5 Å². The summed E-state index contributed by atoms with van der Waals surface area (Å²) in [5, 5.41) is 11.4. The quantitative estimate of drug-likeness (QED) is 0.175. The number of ether oxygens (including phenoxy) is 2. The summed E-state index contributed by atoms with van der Waals surface area (Å²) < 4.78 is 13.3. The number of hydrogen-bond acceptors (Lipinski definition) is 8. The third kappa shape index (κ3) is 4.17. The molecule has 2 amide bonds. The zero-order chi connectivity index (χ0) is 28.9. The molecule has 0 N–H and O–H groups in total. The van der Waals surface area contributed by atoms with Crippen LogP contribution < -0.4 is 10.5 Å². The molecule has 4 atom stereocenters. The van der Waals surface area contributed by atoms with Crippen molar-refractivity contribution in [3.8, 4) is 18.4 Å².